The van der Waals surface area contributed by atoms with E-state index in [2.05, 4.69) is 15.0 Å². The van der Waals surface area contributed by atoms with Crippen LogP contribution in [0, 0.1) is 0 Å². The third-order valence-electron chi connectivity index (χ3n) is 3.01. The lowest BCUT2D eigenvalue weighted by molar-refractivity contribution is -0.116. The Balaban J connectivity index is 1.85. The Kier molecular flexibility index (Phi) is 6.13. The fraction of sp³-hybridized carbons (Fsp3) is 0.200. The summed E-state index contributed by atoms with van der Waals surface area (Å²) in [6.45, 7) is -0.0339. The molecular formula is C15H16ClN3O4S. The Morgan fingerprint density at radius 1 is 1.21 bits per heavy atom. The van der Waals surface area contributed by atoms with Crippen molar-refractivity contribution in [3.63, 3.8) is 0 Å². The third-order valence-corrected chi connectivity index (χ3v) is 4.71. The minimum atomic E-state index is -3.68. The molecule has 0 unspecified atom stereocenters. The van der Waals surface area contributed by atoms with Gasteiger partial charge in [0, 0.05) is 19.2 Å². The molecule has 2 aromatic rings. The summed E-state index contributed by atoms with van der Waals surface area (Å²) in [5.74, 6) is 0.549. The number of nitrogens with zero attached hydrogens (tertiary/aromatic N) is 1. The molecule has 0 saturated heterocycles. The van der Waals surface area contributed by atoms with Crippen molar-refractivity contribution < 1.29 is 17.9 Å². The van der Waals surface area contributed by atoms with Gasteiger partial charge in [-0.3, -0.25) is 4.79 Å². The van der Waals surface area contributed by atoms with Crippen molar-refractivity contribution in [1.82, 2.24) is 9.71 Å². The molecule has 0 atom stereocenters. The molecule has 1 aromatic carbocycles. The molecule has 0 aliphatic heterocycles. The Morgan fingerprint density at radius 3 is 2.50 bits per heavy atom. The number of carbonyl (C=O) groups excluding carboxylic acids is 1. The number of ether oxygens (including phenoxy) is 1. The lowest BCUT2D eigenvalue weighted by atomic mass is 10.3. The summed E-state index contributed by atoms with van der Waals surface area (Å²) in [7, 11) is -2.18. The predicted octanol–water partition coefficient (Wildman–Crippen LogP) is 2.05. The maximum atomic E-state index is 12.1. The van der Waals surface area contributed by atoms with E-state index in [0.29, 0.717) is 16.6 Å². The maximum Gasteiger partial charge on any atom is 0.240 e. The maximum absolute atomic E-state index is 12.1. The van der Waals surface area contributed by atoms with Crippen LogP contribution in [0.2, 0.25) is 5.02 Å². The van der Waals surface area contributed by atoms with Gasteiger partial charge in [0.2, 0.25) is 15.9 Å². The molecule has 24 heavy (non-hydrogen) atoms. The Labute approximate surface area is 145 Å². The van der Waals surface area contributed by atoms with Crippen molar-refractivity contribution in [1.29, 1.82) is 0 Å². The number of amides is 1. The fourth-order valence-electron chi connectivity index (χ4n) is 1.79. The Hall–Kier alpha value is -2.16. The normalized spacial score (nSPS) is 11.1. The second-order valence-electron chi connectivity index (χ2n) is 4.73. The van der Waals surface area contributed by atoms with Crippen LogP contribution < -0.4 is 14.8 Å². The molecule has 2 rings (SSSR count). The summed E-state index contributed by atoms with van der Waals surface area (Å²) >= 11 is 5.70. The minimum absolute atomic E-state index is 0.0281. The molecule has 0 aliphatic carbocycles. The van der Waals surface area contributed by atoms with Crippen molar-refractivity contribution in [2.24, 2.45) is 0 Å². The van der Waals surface area contributed by atoms with Crippen molar-refractivity contribution in [3.8, 4) is 5.75 Å². The first-order valence-electron chi connectivity index (χ1n) is 6.96. The number of rotatable bonds is 7. The molecule has 0 radical (unpaired) electrons. The van der Waals surface area contributed by atoms with E-state index in [4.69, 9.17) is 16.3 Å². The second kappa shape index (κ2) is 8.09. The van der Waals surface area contributed by atoms with Crippen LogP contribution in [-0.2, 0) is 14.8 Å². The summed E-state index contributed by atoms with van der Waals surface area (Å²) in [5, 5.41) is 3.01. The van der Waals surface area contributed by atoms with E-state index in [1.807, 2.05) is 0 Å². The van der Waals surface area contributed by atoms with Gasteiger partial charge in [0.05, 0.1) is 17.0 Å². The van der Waals surface area contributed by atoms with Crippen LogP contribution in [0.5, 0.6) is 5.75 Å². The Morgan fingerprint density at radius 2 is 1.92 bits per heavy atom. The first kappa shape index (κ1) is 18.2. The van der Waals surface area contributed by atoms with Gasteiger partial charge in [-0.05, 0) is 36.4 Å². The van der Waals surface area contributed by atoms with Gasteiger partial charge in [0.25, 0.3) is 0 Å². The standard InChI is InChI=1S/C15H16ClN3O4S/c1-23-12-3-5-13(6-4-12)24(21,22)18-9-8-15(20)19-14-7-2-11(16)10-17-14/h2-7,10,18H,8-9H2,1H3,(H,17,19,20). The number of nitrogens with one attached hydrogen (secondary N) is 2. The van der Waals surface area contributed by atoms with Crippen LogP contribution >= 0.6 is 11.6 Å². The van der Waals surface area contributed by atoms with Crippen LogP contribution in [0.25, 0.3) is 0 Å². The minimum Gasteiger partial charge on any atom is -0.497 e. The van der Waals surface area contributed by atoms with Gasteiger partial charge in [0.1, 0.15) is 11.6 Å². The predicted molar refractivity (Wildman–Crippen MR) is 90.7 cm³/mol. The van der Waals surface area contributed by atoms with Gasteiger partial charge in [0.15, 0.2) is 0 Å². The van der Waals surface area contributed by atoms with Gasteiger partial charge in [-0.25, -0.2) is 18.1 Å². The SMILES string of the molecule is COc1ccc(S(=O)(=O)NCCC(=O)Nc2ccc(Cl)cn2)cc1. The fourth-order valence-corrected chi connectivity index (χ4v) is 2.94. The molecule has 0 bridgehead atoms. The molecular weight excluding hydrogens is 354 g/mol. The van der Waals surface area contributed by atoms with E-state index in [-0.39, 0.29) is 23.8 Å². The number of carbonyl (C=O) groups is 1. The van der Waals surface area contributed by atoms with Crippen molar-refractivity contribution >= 4 is 33.3 Å². The molecule has 9 heteroatoms. The average Bonchev–Trinajstić information content (AvgIpc) is 2.57. The zero-order valence-corrected chi connectivity index (χ0v) is 14.4. The zero-order chi connectivity index (χ0) is 17.6. The number of halogens is 1. The zero-order valence-electron chi connectivity index (χ0n) is 12.8. The summed E-state index contributed by atoms with van der Waals surface area (Å²) in [5.41, 5.74) is 0. The lowest BCUT2D eigenvalue weighted by Gasteiger charge is -2.08. The molecule has 7 nitrogen and oxygen atoms in total. The summed E-state index contributed by atoms with van der Waals surface area (Å²) in [6, 6.07) is 9.11. The number of methoxy groups -OCH3 is 1. The van der Waals surface area contributed by atoms with E-state index in [1.165, 1.54) is 25.4 Å². The highest BCUT2D eigenvalue weighted by atomic mass is 35.5. The molecule has 0 saturated carbocycles. The van der Waals surface area contributed by atoms with Crippen molar-refractivity contribution in [2.45, 2.75) is 11.3 Å². The number of hydrogen-bond acceptors (Lipinski definition) is 5. The quantitative estimate of drug-likeness (QED) is 0.778. The summed E-state index contributed by atoms with van der Waals surface area (Å²) in [4.78, 5) is 15.8. The monoisotopic (exact) mass is 369 g/mol. The summed E-state index contributed by atoms with van der Waals surface area (Å²) in [6.07, 6.45) is 1.38. The topological polar surface area (TPSA) is 97.4 Å². The molecule has 1 amide bonds. The highest BCUT2D eigenvalue weighted by Gasteiger charge is 2.14. The largest absolute Gasteiger partial charge is 0.497 e. The highest BCUT2D eigenvalue weighted by molar-refractivity contribution is 7.89. The van der Waals surface area contributed by atoms with E-state index in [0.717, 1.165) is 0 Å². The second-order valence-corrected chi connectivity index (χ2v) is 6.94. The number of sulfonamides is 1. The first-order chi connectivity index (χ1) is 11.4. The van der Waals surface area contributed by atoms with Gasteiger partial charge < -0.3 is 10.1 Å². The molecule has 1 aromatic heterocycles. The van der Waals surface area contributed by atoms with Crippen LogP contribution in [0.3, 0.4) is 0 Å². The first-order valence-corrected chi connectivity index (χ1v) is 8.82. The number of hydrogen-bond donors (Lipinski definition) is 2. The lowest BCUT2D eigenvalue weighted by Crippen LogP contribution is -2.28. The number of pyridine rings is 1. The average molecular weight is 370 g/mol. The van der Waals surface area contributed by atoms with Crippen LogP contribution in [0.4, 0.5) is 5.82 Å². The molecule has 2 N–H and O–H groups in total. The van der Waals surface area contributed by atoms with Gasteiger partial charge in [-0.2, -0.15) is 0 Å². The molecule has 128 valence electrons. The van der Waals surface area contributed by atoms with Gasteiger partial charge in [-0.15, -0.1) is 0 Å². The van der Waals surface area contributed by atoms with Gasteiger partial charge >= 0.3 is 0 Å². The number of benzene rings is 1. The van der Waals surface area contributed by atoms with E-state index < -0.39 is 10.0 Å². The molecule has 0 spiro atoms. The Bertz CT molecular complexity index is 792. The number of anilines is 1. The van der Waals surface area contributed by atoms with E-state index >= 15 is 0 Å². The molecule has 0 aliphatic rings. The molecule has 0 fully saturated rings. The smallest absolute Gasteiger partial charge is 0.240 e. The molecule has 1 heterocycles. The van der Waals surface area contributed by atoms with Crippen molar-refractivity contribution in [3.05, 3.63) is 47.6 Å². The van der Waals surface area contributed by atoms with E-state index in [1.54, 1.807) is 24.3 Å². The number of aromatic nitrogens is 1. The third kappa shape index (κ3) is 5.19. The highest BCUT2D eigenvalue weighted by Crippen LogP contribution is 2.15. The van der Waals surface area contributed by atoms with Gasteiger partial charge in [-0.1, -0.05) is 11.6 Å². The van der Waals surface area contributed by atoms with Crippen molar-refractivity contribution in [2.75, 3.05) is 19.0 Å². The summed E-state index contributed by atoms with van der Waals surface area (Å²) < 4.78 is 31.5. The van der Waals surface area contributed by atoms with Crippen LogP contribution in [0.15, 0.2) is 47.5 Å². The van der Waals surface area contributed by atoms with Crippen LogP contribution in [-0.4, -0.2) is 33.0 Å². The van der Waals surface area contributed by atoms with E-state index in [9.17, 15) is 13.2 Å². The van der Waals surface area contributed by atoms with Crippen LogP contribution in [0.1, 0.15) is 6.42 Å².